The van der Waals surface area contributed by atoms with E-state index in [1.165, 1.54) is 23.0 Å². The summed E-state index contributed by atoms with van der Waals surface area (Å²) >= 11 is 3.39. The first-order valence-electron chi connectivity index (χ1n) is 7.96. The Bertz CT molecular complexity index is 1010. The Hall–Kier alpha value is -2.61. The topological polar surface area (TPSA) is 46.9 Å². The predicted octanol–water partition coefficient (Wildman–Crippen LogP) is 5.52. The van der Waals surface area contributed by atoms with Crippen molar-refractivity contribution >= 4 is 27.5 Å². The molecule has 1 heterocycles. The number of benzene rings is 2. The van der Waals surface area contributed by atoms with Crippen LogP contribution in [0.5, 0.6) is 0 Å². The maximum Gasteiger partial charge on any atom is 0.416 e. The van der Waals surface area contributed by atoms with Crippen molar-refractivity contribution < 1.29 is 18.0 Å². The molecule has 0 bridgehead atoms. The first-order valence-corrected chi connectivity index (χ1v) is 8.76. The highest BCUT2D eigenvalue weighted by Crippen LogP contribution is 2.30. The SMILES string of the molecule is Cc1cc(NC(=O)c2cnn(-c3cccc(C(F)(F)F)c3)c2C)ccc1Br. The number of alkyl halides is 3. The number of aromatic nitrogens is 2. The van der Waals surface area contributed by atoms with Crippen molar-refractivity contribution in [3.05, 3.63) is 75.5 Å². The van der Waals surface area contributed by atoms with Gasteiger partial charge in [-0.15, -0.1) is 0 Å². The molecule has 0 aliphatic heterocycles. The molecule has 0 saturated carbocycles. The van der Waals surface area contributed by atoms with E-state index in [4.69, 9.17) is 0 Å². The van der Waals surface area contributed by atoms with E-state index >= 15 is 0 Å². The Balaban J connectivity index is 1.89. The fraction of sp³-hybridized carbons (Fsp3) is 0.158. The lowest BCUT2D eigenvalue weighted by Gasteiger charge is -2.10. The van der Waals surface area contributed by atoms with E-state index in [0.717, 1.165) is 22.2 Å². The zero-order valence-corrected chi connectivity index (χ0v) is 16.0. The Morgan fingerprint density at radius 3 is 2.56 bits per heavy atom. The zero-order chi connectivity index (χ0) is 19.8. The number of aryl methyl sites for hydroxylation is 1. The van der Waals surface area contributed by atoms with Gasteiger partial charge in [0.05, 0.1) is 28.7 Å². The molecule has 0 aliphatic rings. The summed E-state index contributed by atoms with van der Waals surface area (Å²) in [5.41, 5.74) is 1.77. The van der Waals surface area contributed by atoms with Crippen molar-refractivity contribution in [2.75, 3.05) is 5.32 Å². The van der Waals surface area contributed by atoms with Gasteiger partial charge in [-0.25, -0.2) is 4.68 Å². The fourth-order valence-electron chi connectivity index (χ4n) is 2.63. The van der Waals surface area contributed by atoms with Gasteiger partial charge in [0.25, 0.3) is 5.91 Å². The van der Waals surface area contributed by atoms with Gasteiger partial charge < -0.3 is 5.32 Å². The molecule has 0 spiro atoms. The second kappa shape index (κ2) is 7.19. The van der Waals surface area contributed by atoms with E-state index in [9.17, 15) is 18.0 Å². The summed E-state index contributed by atoms with van der Waals surface area (Å²) in [6.07, 6.45) is -3.10. The number of nitrogens with zero attached hydrogens (tertiary/aromatic N) is 2. The number of anilines is 1. The number of amides is 1. The lowest BCUT2D eigenvalue weighted by Crippen LogP contribution is -2.13. The number of hydrogen-bond donors (Lipinski definition) is 1. The van der Waals surface area contributed by atoms with Crippen LogP contribution in [-0.2, 0) is 6.18 Å². The molecular formula is C19H15BrF3N3O. The molecule has 0 radical (unpaired) electrons. The van der Waals surface area contributed by atoms with Gasteiger partial charge in [-0.05, 0) is 55.8 Å². The standard InChI is InChI=1S/C19H15BrF3N3O/c1-11-8-14(6-7-17(11)20)25-18(27)16-10-24-26(12(16)2)15-5-3-4-13(9-15)19(21,22)23/h3-10H,1-2H3,(H,25,27). The quantitative estimate of drug-likeness (QED) is 0.585. The van der Waals surface area contributed by atoms with E-state index in [2.05, 4.69) is 26.3 Å². The molecule has 3 rings (SSSR count). The van der Waals surface area contributed by atoms with Gasteiger partial charge >= 0.3 is 6.18 Å². The van der Waals surface area contributed by atoms with Crippen molar-refractivity contribution in [2.45, 2.75) is 20.0 Å². The largest absolute Gasteiger partial charge is 0.416 e. The number of halogens is 4. The minimum atomic E-state index is -4.45. The lowest BCUT2D eigenvalue weighted by molar-refractivity contribution is -0.137. The van der Waals surface area contributed by atoms with Crippen LogP contribution in [0.4, 0.5) is 18.9 Å². The highest BCUT2D eigenvalue weighted by atomic mass is 79.9. The number of carbonyl (C=O) groups is 1. The summed E-state index contributed by atoms with van der Waals surface area (Å²) < 4.78 is 41.0. The first-order chi connectivity index (χ1) is 12.7. The first kappa shape index (κ1) is 19.2. The van der Waals surface area contributed by atoms with E-state index in [0.29, 0.717) is 11.4 Å². The summed E-state index contributed by atoms with van der Waals surface area (Å²) in [5.74, 6) is -0.382. The van der Waals surface area contributed by atoms with Crippen LogP contribution < -0.4 is 5.32 Å². The average Bonchev–Trinajstić information content (AvgIpc) is 2.99. The van der Waals surface area contributed by atoms with Crippen LogP contribution in [0.3, 0.4) is 0 Å². The minimum absolute atomic E-state index is 0.237. The van der Waals surface area contributed by atoms with Crippen LogP contribution in [0.1, 0.15) is 27.2 Å². The second-order valence-electron chi connectivity index (χ2n) is 6.02. The molecule has 0 unspecified atom stereocenters. The summed E-state index contributed by atoms with van der Waals surface area (Å²) in [5, 5.41) is 6.86. The number of nitrogens with one attached hydrogen (secondary N) is 1. The number of hydrogen-bond acceptors (Lipinski definition) is 2. The highest BCUT2D eigenvalue weighted by molar-refractivity contribution is 9.10. The summed E-state index contributed by atoms with van der Waals surface area (Å²) in [6, 6.07) is 10.2. The maximum atomic E-state index is 12.9. The van der Waals surface area contributed by atoms with Gasteiger partial charge in [0.2, 0.25) is 0 Å². The molecule has 27 heavy (non-hydrogen) atoms. The molecular weight excluding hydrogens is 423 g/mol. The summed E-state index contributed by atoms with van der Waals surface area (Å²) in [4.78, 5) is 12.5. The third-order valence-electron chi connectivity index (χ3n) is 4.09. The third-order valence-corrected chi connectivity index (χ3v) is 4.98. The van der Waals surface area contributed by atoms with Crippen molar-refractivity contribution in [3.8, 4) is 5.69 Å². The van der Waals surface area contributed by atoms with E-state index < -0.39 is 11.7 Å². The normalized spacial score (nSPS) is 11.5. The minimum Gasteiger partial charge on any atom is -0.322 e. The van der Waals surface area contributed by atoms with Crippen LogP contribution in [0.15, 0.2) is 53.1 Å². The molecule has 4 nitrogen and oxygen atoms in total. The van der Waals surface area contributed by atoms with Crippen LogP contribution in [-0.4, -0.2) is 15.7 Å². The van der Waals surface area contributed by atoms with Crippen LogP contribution in [0.2, 0.25) is 0 Å². The highest BCUT2D eigenvalue weighted by Gasteiger charge is 2.30. The molecule has 1 aromatic heterocycles. The maximum absolute atomic E-state index is 12.9. The fourth-order valence-corrected chi connectivity index (χ4v) is 2.87. The Morgan fingerprint density at radius 2 is 1.89 bits per heavy atom. The Kier molecular flexibility index (Phi) is 5.10. The van der Waals surface area contributed by atoms with Gasteiger partial charge in [0.1, 0.15) is 0 Å². The molecule has 0 saturated heterocycles. The van der Waals surface area contributed by atoms with Crippen LogP contribution >= 0.6 is 15.9 Å². The average molecular weight is 438 g/mol. The number of carbonyl (C=O) groups excluding carboxylic acids is 1. The molecule has 2 aromatic carbocycles. The van der Waals surface area contributed by atoms with Gasteiger partial charge in [-0.2, -0.15) is 18.3 Å². The second-order valence-corrected chi connectivity index (χ2v) is 6.88. The van der Waals surface area contributed by atoms with Gasteiger partial charge in [-0.1, -0.05) is 22.0 Å². The predicted molar refractivity (Wildman–Crippen MR) is 100 cm³/mol. The van der Waals surface area contributed by atoms with Crippen LogP contribution in [0.25, 0.3) is 5.69 Å². The molecule has 0 fully saturated rings. The lowest BCUT2D eigenvalue weighted by atomic mass is 10.2. The monoisotopic (exact) mass is 437 g/mol. The van der Waals surface area contributed by atoms with Gasteiger partial charge in [0, 0.05) is 10.2 Å². The van der Waals surface area contributed by atoms with Crippen molar-refractivity contribution in [1.29, 1.82) is 0 Å². The Morgan fingerprint density at radius 1 is 1.15 bits per heavy atom. The number of rotatable bonds is 3. The molecule has 140 valence electrons. The van der Waals surface area contributed by atoms with Crippen LogP contribution in [0, 0.1) is 13.8 Å². The molecule has 0 atom stereocenters. The molecule has 1 amide bonds. The smallest absolute Gasteiger partial charge is 0.322 e. The summed E-state index contributed by atoms with van der Waals surface area (Å²) in [6.45, 7) is 3.53. The molecule has 1 N–H and O–H groups in total. The molecule has 0 aliphatic carbocycles. The van der Waals surface area contributed by atoms with E-state index in [1.54, 1.807) is 13.0 Å². The molecule has 8 heteroatoms. The van der Waals surface area contributed by atoms with Crippen molar-refractivity contribution in [2.24, 2.45) is 0 Å². The zero-order valence-electron chi connectivity index (χ0n) is 14.4. The van der Waals surface area contributed by atoms with E-state index in [-0.39, 0.29) is 17.2 Å². The van der Waals surface area contributed by atoms with Crippen molar-refractivity contribution in [1.82, 2.24) is 9.78 Å². The third kappa shape index (κ3) is 4.05. The summed E-state index contributed by atoms with van der Waals surface area (Å²) in [7, 11) is 0. The Labute approximate surface area is 162 Å². The molecule has 3 aromatic rings. The van der Waals surface area contributed by atoms with Crippen molar-refractivity contribution in [3.63, 3.8) is 0 Å². The van der Waals surface area contributed by atoms with Gasteiger partial charge in [0.15, 0.2) is 0 Å². The van der Waals surface area contributed by atoms with E-state index in [1.807, 2.05) is 19.1 Å². The van der Waals surface area contributed by atoms with Gasteiger partial charge in [-0.3, -0.25) is 4.79 Å².